The van der Waals surface area contributed by atoms with E-state index < -0.39 is 0 Å². The molecule has 2 bridgehead atoms. The van der Waals surface area contributed by atoms with E-state index in [1.807, 2.05) is 6.07 Å². The number of ketones is 2. The summed E-state index contributed by atoms with van der Waals surface area (Å²) in [5.74, 6) is 0.146. The van der Waals surface area contributed by atoms with Gasteiger partial charge in [0, 0.05) is 66.6 Å². The van der Waals surface area contributed by atoms with Gasteiger partial charge in [-0.15, -0.1) is 0 Å². The molecule has 17 rings (SSSR count). The van der Waals surface area contributed by atoms with Crippen LogP contribution >= 0.6 is 0 Å². The Balaban J connectivity index is 1.02. The Kier molecular flexibility index (Phi) is 4.79. The van der Waals surface area contributed by atoms with Gasteiger partial charge in [0.1, 0.15) is 11.2 Å². The zero-order chi connectivity index (χ0) is 39.4. The molecular formula is C57H31NO3. The minimum atomic E-state index is -0.334. The minimum absolute atomic E-state index is 0.0595. The first-order chi connectivity index (χ1) is 30.1. The Morgan fingerprint density at radius 2 is 1.05 bits per heavy atom. The van der Waals surface area contributed by atoms with Crippen molar-refractivity contribution in [2.75, 3.05) is 0 Å². The molecule has 4 heteroatoms. The quantitative estimate of drug-likeness (QED) is 0.154. The van der Waals surface area contributed by atoms with E-state index in [0.717, 1.165) is 94.3 Å². The number of nitrogens with zero attached hydrogens (tertiary/aromatic N) is 1. The molecule has 6 aliphatic carbocycles. The van der Waals surface area contributed by atoms with Crippen LogP contribution in [0.3, 0.4) is 0 Å². The van der Waals surface area contributed by atoms with Crippen LogP contribution < -0.4 is 0 Å². The third kappa shape index (κ3) is 2.94. The summed E-state index contributed by atoms with van der Waals surface area (Å²) < 4.78 is 9.28. The predicted molar refractivity (Wildman–Crippen MR) is 238 cm³/mol. The Labute approximate surface area is 348 Å². The van der Waals surface area contributed by atoms with Gasteiger partial charge in [0.25, 0.3) is 0 Å². The van der Waals surface area contributed by atoms with Crippen LogP contribution in [0.1, 0.15) is 106 Å². The van der Waals surface area contributed by atoms with Gasteiger partial charge in [0.05, 0.1) is 27.9 Å². The molecule has 6 aliphatic rings. The fraction of sp³-hybridized carbons (Fsp3) is 0.123. The number of para-hydroxylation sites is 1. The lowest BCUT2D eigenvalue weighted by atomic mass is 9.36. The third-order valence-corrected chi connectivity index (χ3v) is 16.9. The fourth-order valence-corrected chi connectivity index (χ4v) is 14.9. The van der Waals surface area contributed by atoms with Gasteiger partial charge in [-0.2, -0.15) is 0 Å². The van der Waals surface area contributed by atoms with Crippen molar-refractivity contribution in [1.29, 1.82) is 0 Å². The standard InChI is InChI=1S/C57H31NO3/c59-53-36-24-46-39(22-33(36)49-29-13-2-7-17-42(29)56(49)26-40(53)27-11-1-6-16-41(27)56)48-52-35(23-38-28-12-5-10-20-47(28)61-55(38)48)32-21-34-37(25-45(32)58(46)52)54(60)51-31-15-4-9-19-44(31)57(51)43-18-8-3-14-30(43)50(34)57/h1-25,40,49-51H,26H2. The van der Waals surface area contributed by atoms with Crippen molar-refractivity contribution in [3.63, 3.8) is 0 Å². The highest BCUT2D eigenvalue weighted by atomic mass is 16.3. The molecular weight excluding hydrogens is 747 g/mol. The summed E-state index contributed by atoms with van der Waals surface area (Å²) in [5.41, 5.74) is 18.4. The molecule has 3 aromatic heterocycles. The molecule has 0 radical (unpaired) electrons. The van der Waals surface area contributed by atoms with Gasteiger partial charge < -0.3 is 8.82 Å². The van der Waals surface area contributed by atoms with Gasteiger partial charge >= 0.3 is 0 Å². The van der Waals surface area contributed by atoms with Crippen molar-refractivity contribution in [2.24, 2.45) is 0 Å². The van der Waals surface area contributed by atoms with Gasteiger partial charge in [0.2, 0.25) is 0 Å². The second-order valence-electron chi connectivity index (χ2n) is 18.8. The van der Waals surface area contributed by atoms with Crippen molar-refractivity contribution in [1.82, 2.24) is 4.40 Å². The number of carbonyl (C=O) groups is 2. The summed E-state index contributed by atoms with van der Waals surface area (Å²) in [6.45, 7) is 0. The first kappa shape index (κ1) is 30.7. The minimum Gasteiger partial charge on any atom is -0.455 e. The van der Waals surface area contributed by atoms with E-state index in [9.17, 15) is 0 Å². The van der Waals surface area contributed by atoms with Crippen LogP contribution in [0.25, 0.3) is 60.0 Å². The molecule has 8 aromatic carbocycles. The van der Waals surface area contributed by atoms with Gasteiger partial charge in [0.15, 0.2) is 11.6 Å². The molecule has 11 aromatic rings. The zero-order valence-electron chi connectivity index (χ0n) is 32.6. The Morgan fingerprint density at radius 3 is 1.82 bits per heavy atom. The molecule has 61 heavy (non-hydrogen) atoms. The number of Topliss-reactive ketones (excluding diaryl/α,β-unsaturated/α-hetero) is 2. The van der Waals surface area contributed by atoms with Crippen LogP contribution in [0.5, 0.6) is 0 Å². The lowest BCUT2D eigenvalue weighted by molar-refractivity contribution is 0.0846. The molecule has 3 heterocycles. The average molecular weight is 778 g/mol. The second kappa shape index (κ2) is 9.51. The molecule has 0 aliphatic heterocycles. The van der Waals surface area contributed by atoms with E-state index in [2.05, 4.69) is 150 Å². The SMILES string of the molecule is O=C1c2cc3c(cc2C2c4ccccc4C24CC1c1ccccc14)c1c2oc4ccccc4c2cc2c4cc5c(cc4n3c21)C(=O)C1c2ccccc2C12c1ccccc1C52. The smallest absolute Gasteiger partial charge is 0.171 e. The van der Waals surface area contributed by atoms with Crippen LogP contribution in [0, 0.1) is 0 Å². The summed E-state index contributed by atoms with van der Waals surface area (Å²) in [4.78, 5) is 30.5. The van der Waals surface area contributed by atoms with E-state index in [0.29, 0.717) is 0 Å². The van der Waals surface area contributed by atoms with Gasteiger partial charge in [-0.1, -0.05) is 115 Å². The molecule has 282 valence electrons. The maximum atomic E-state index is 15.3. The van der Waals surface area contributed by atoms with E-state index >= 15 is 9.59 Å². The maximum Gasteiger partial charge on any atom is 0.171 e. The Morgan fingerprint density at radius 1 is 0.475 bits per heavy atom. The summed E-state index contributed by atoms with van der Waals surface area (Å²) in [7, 11) is 0. The predicted octanol–water partition coefficient (Wildman–Crippen LogP) is 12.6. The largest absolute Gasteiger partial charge is 0.455 e. The van der Waals surface area contributed by atoms with Gasteiger partial charge in [-0.25, -0.2) is 0 Å². The highest BCUT2D eigenvalue weighted by molar-refractivity contribution is 6.33. The van der Waals surface area contributed by atoms with Crippen molar-refractivity contribution < 1.29 is 14.0 Å². The molecule has 6 unspecified atom stereocenters. The zero-order valence-corrected chi connectivity index (χ0v) is 32.6. The Bertz CT molecular complexity index is 4010. The van der Waals surface area contributed by atoms with Crippen LogP contribution in [0.15, 0.2) is 156 Å². The molecule has 0 saturated heterocycles. The van der Waals surface area contributed by atoms with E-state index in [1.54, 1.807) is 0 Å². The van der Waals surface area contributed by atoms with Crippen molar-refractivity contribution in [3.8, 4) is 0 Å². The summed E-state index contributed by atoms with van der Waals surface area (Å²) in [5, 5.41) is 6.61. The molecule has 0 fully saturated rings. The third-order valence-electron chi connectivity index (χ3n) is 16.9. The van der Waals surface area contributed by atoms with E-state index in [4.69, 9.17) is 4.42 Å². The summed E-state index contributed by atoms with van der Waals surface area (Å²) >= 11 is 0. The van der Waals surface area contributed by atoms with Crippen molar-refractivity contribution in [3.05, 3.63) is 218 Å². The number of carbonyl (C=O) groups excluding carboxylic acids is 2. The highest BCUT2D eigenvalue weighted by Gasteiger charge is 2.69. The van der Waals surface area contributed by atoms with Crippen LogP contribution in [-0.2, 0) is 10.8 Å². The molecule has 0 N–H and O–H groups in total. The van der Waals surface area contributed by atoms with Crippen LogP contribution in [0.2, 0.25) is 0 Å². The van der Waals surface area contributed by atoms with Crippen LogP contribution in [-0.4, -0.2) is 16.0 Å². The Hall–Kier alpha value is -7.30. The van der Waals surface area contributed by atoms with Gasteiger partial charge in [-0.05, 0) is 98.5 Å². The van der Waals surface area contributed by atoms with Crippen LogP contribution in [0.4, 0.5) is 0 Å². The number of hydrogen-bond donors (Lipinski definition) is 0. The average Bonchev–Trinajstić information content (AvgIpc) is 4.01. The van der Waals surface area contributed by atoms with Gasteiger partial charge in [-0.3, -0.25) is 9.59 Å². The molecule has 4 nitrogen and oxygen atoms in total. The maximum absolute atomic E-state index is 15.3. The fourth-order valence-electron chi connectivity index (χ4n) is 14.9. The second-order valence-corrected chi connectivity index (χ2v) is 18.8. The number of rotatable bonds is 0. The molecule has 0 amide bonds. The number of furan rings is 1. The lowest BCUT2D eigenvalue weighted by Crippen LogP contribution is -2.61. The number of benzene rings is 8. The highest BCUT2D eigenvalue weighted by Crippen LogP contribution is 2.74. The molecule has 2 spiro atoms. The van der Waals surface area contributed by atoms with E-state index in [1.165, 1.54) is 38.9 Å². The normalized spacial score (nSPS) is 25.5. The summed E-state index contributed by atoms with van der Waals surface area (Å²) in [6.07, 6.45) is 0.789. The topological polar surface area (TPSA) is 51.7 Å². The van der Waals surface area contributed by atoms with Crippen molar-refractivity contribution >= 4 is 71.6 Å². The molecule has 6 atom stereocenters. The van der Waals surface area contributed by atoms with Crippen molar-refractivity contribution in [2.45, 2.75) is 40.9 Å². The number of hydrogen-bond acceptors (Lipinski definition) is 3. The monoisotopic (exact) mass is 777 g/mol. The summed E-state index contributed by atoms with van der Waals surface area (Å²) in [6, 6.07) is 54.8. The number of aromatic nitrogens is 1. The first-order valence-electron chi connectivity index (χ1n) is 21.7. The van der Waals surface area contributed by atoms with E-state index in [-0.39, 0.29) is 46.1 Å². The lowest BCUT2D eigenvalue weighted by Gasteiger charge is -2.64. The molecule has 0 saturated carbocycles. The first-order valence-corrected chi connectivity index (χ1v) is 21.7. The number of fused-ring (bicyclic) bond motifs is 23.